The first kappa shape index (κ1) is 14.3. The molecule has 2 aliphatic rings. The van der Waals surface area contributed by atoms with E-state index >= 15 is 0 Å². The highest BCUT2D eigenvalue weighted by molar-refractivity contribution is 4.90. The van der Waals surface area contributed by atoms with E-state index in [1.807, 2.05) is 0 Å². The lowest BCUT2D eigenvalue weighted by Crippen LogP contribution is -2.47. The Labute approximate surface area is 114 Å². The van der Waals surface area contributed by atoms with Crippen LogP contribution in [0, 0.1) is 17.3 Å². The summed E-state index contributed by atoms with van der Waals surface area (Å²) in [6.07, 6.45) is 6.94. The molecular formula is C16H32N2. The number of hydrogen-bond donors (Lipinski definition) is 1. The normalized spacial score (nSPS) is 34.7. The molecule has 0 radical (unpaired) electrons. The fourth-order valence-electron chi connectivity index (χ4n) is 3.88. The summed E-state index contributed by atoms with van der Waals surface area (Å²) >= 11 is 0. The molecule has 1 N–H and O–H groups in total. The first-order valence-electron chi connectivity index (χ1n) is 7.90. The van der Waals surface area contributed by atoms with E-state index in [2.05, 4.69) is 38.0 Å². The van der Waals surface area contributed by atoms with Crippen LogP contribution in [0.25, 0.3) is 0 Å². The molecule has 2 unspecified atom stereocenters. The van der Waals surface area contributed by atoms with Gasteiger partial charge in [-0.3, -0.25) is 0 Å². The van der Waals surface area contributed by atoms with Crippen LogP contribution in [-0.2, 0) is 0 Å². The molecule has 1 aliphatic heterocycles. The van der Waals surface area contributed by atoms with Crippen molar-refractivity contribution in [3.05, 3.63) is 0 Å². The van der Waals surface area contributed by atoms with Gasteiger partial charge < -0.3 is 10.2 Å². The summed E-state index contributed by atoms with van der Waals surface area (Å²) in [5.74, 6) is 1.80. The average molecular weight is 252 g/mol. The van der Waals surface area contributed by atoms with E-state index in [4.69, 9.17) is 0 Å². The van der Waals surface area contributed by atoms with Crippen molar-refractivity contribution >= 4 is 0 Å². The van der Waals surface area contributed by atoms with Crippen LogP contribution < -0.4 is 5.32 Å². The van der Waals surface area contributed by atoms with Gasteiger partial charge in [-0.15, -0.1) is 0 Å². The molecule has 2 heteroatoms. The summed E-state index contributed by atoms with van der Waals surface area (Å²) in [5.41, 5.74) is 0.557. The first-order chi connectivity index (χ1) is 8.50. The maximum absolute atomic E-state index is 3.56. The molecule has 0 aromatic carbocycles. The Bertz CT molecular complexity index is 254. The van der Waals surface area contributed by atoms with Crippen LogP contribution >= 0.6 is 0 Å². The molecule has 18 heavy (non-hydrogen) atoms. The minimum absolute atomic E-state index is 0.557. The molecule has 0 amide bonds. The number of nitrogens with zero attached hydrogens (tertiary/aromatic N) is 1. The van der Waals surface area contributed by atoms with Gasteiger partial charge in [-0.1, -0.05) is 20.8 Å². The van der Waals surface area contributed by atoms with E-state index in [1.165, 1.54) is 51.7 Å². The molecule has 1 saturated carbocycles. The molecule has 2 atom stereocenters. The van der Waals surface area contributed by atoms with Gasteiger partial charge >= 0.3 is 0 Å². The van der Waals surface area contributed by atoms with Crippen molar-refractivity contribution in [2.75, 3.05) is 26.7 Å². The first-order valence-corrected chi connectivity index (χ1v) is 7.90. The summed E-state index contributed by atoms with van der Waals surface area (Å²) in [6, 6.07) is 0.748. The zero-order valence-electron chi connectivity index (χ0n) is 12.8. The van der Waals surface area contributed by atoms with Crippen molar-refractivity contribution in [2.45, 2.75) is 58.9 Å². The van der Waals surface area contributed by atoms with Crippen molar-refractivity contribution < 1.29 is 0 Å². The lowest BCUT2D eigenvalue weighted by atomic mass is 9.69. The largest absolute Gasteiger partial charge is 0.317 e. The molecule has 1 aliphatic carbocycles. The lowest BCUT2D eigenvalue weighted by Gasteiger charge is -2.43. The Balaban J connectivity index is 1.88. The zero-order chi connectivity index (χ0) is 13.2. The molecule has 2 fully saturated rings. The number of nitrogens with one attached hydrogen (secondary N) is 1. The molecule has 1 saturated heterocycles. The maximum atomic E-state index is 3.56. The lowest BCUT2D eigenvalue weighted by molar-refractivity contribution is 0.0875. The summed E-state index contributed by atoms with van der Waals surface area (Å²) in [5, 5.41) is 3.56. The van der Waals surface area contributed by atoms with Gasteiger partial charge in [0.1, 0.15) is 0 Å². The second-order valence-corrected chi connectivity index (χ2v) is 7.55. The van der Waals surface area contributed by atoms with Gasteiger partial charge in [-0.25, -0.2) is 0 Å². The Morgan fingerprint density at radius 2 is 1.83 bits per heavy atom. The van der Waals surface area contributed by atoms with Gasteiger partial charge in [0.25, 0.3) is 0 Å². The molecule has 0 aromatic rings. The topological polar surface area (TPSA) is 15.3 Å². The Morgan fingerprint density at radius 3 is 2.44 bits per heavy atom. The fourth-order valence-corrected chi connectivity index (χ4v) is 3.88. The number of piperidine rings is 1. The SMILES string of the molecule is CNC1CCC(C)(C)CC1CN1CCC(C)CC1. The second kappa shape index (κ2) is 5.92. The molecule has 0 aromatic heterocycles. The van der Waals surface area contributed by atoms with Crippen molar-refractivity contribution in [2.24, 2.45) is 17.3 Å². The van der Waals surface area contributed by atoms with E-state index in [0.29, 0.717) is 5.41 Å². The molecule has 0 spiro atoms. The summed E-state index contributed by atoms with van der Waals surface area (Å²) in [7, 11) is 2.15. The molecule has 2 nitrogen and oxygen atoms in total. The minimum Gasteiger partial charge on any atom is -0.317 e. The van der Waals surface area contributed by atoms with E-state index in [-0.39, 0.29) is 0 Å². The maximum Gasteiger partial charge on any atom is 0.0105 e. The highest BCUT2D eigenvalue weighted by atomic mass is 15.1. The van der Waals surface area contributed by atoms with Gasteiger partial charge in [0.05, 0.1) is 0 Å². The van der Waals surface area contributed by atoms with Crippen LogP contribution in [0.1, 0.15) is 52.9 Å². The Hall–Kier alpha value is -0.0800. The smallest absolute Gasteiger partial charge is 0.0105 e. The van der Waals surface area contributed by atoms with Crippen LogP contribution in [-0.4, -0.2) is 37.6 Å². The van der Waals surface area contributed by atoms with Crippen LogP contribution in [0.15, 0.2) is 0 Å². The molecule has 2 rings (SSSR count). The highest BCUT2D eigenvalue weighted by Crippen LogP contribution is 2.39. The van der Waals surface area contributed by atoms with Crippen molar-refractivity contribution in [1.29, 1.82) is 0 Å². The number of likely N-dealkylation sites (tertiary alicyclic amines) is 1. The minimum atomic E-state index is 0.557. The van der Waals surface area contributed by atoms with Crippen molar-refractivity contribution in [3.8, 4) is 0 Å². The van der Waals surface area contributed by atoms with Crippen molar-refractivity contribution in [3.63, 3.8) is 0 Å². The van der Waals surface area contributed by atoms with Crippen LogP contribution in [0.3, 0.4) is 0 Å². The van der Waals surface area contributed by atoms with E-state index in [9.17, 15) is 0 Å². The standard InChI is InChI=1S/C16H32N2/c1-13-6-9-18(10-7-13)12-14-11-16(2,3)8-5-15(14)17-4/h13-15,17H,5-12H2,1-4H3. The van der Waals surface area contributed by atoms with Gasteiger partial charge in [0, 0.05) is 12.6 Å². The molecule has 0 bridgehead atoms. The fraction of sp³-hybridized carbons (Fsp3) is 1.00. The summed E-state index contributed by atoms with van der Waals surface area (Å²) in [4.78, 5) is 2.72. The van der Waals surface area contributed by atoms with Crippen LogP contribution in [0.5, 0.6) is 0 Å². The third-order valence-electron chi connectivity index (χ3n) is 5.26. The van der Waals surface area contributed by atoms with Crippen molar-refractivity contribution in [1.82, 2.24) is 10.2 Å². The van der Waals surface area contributed by atoms with E-state index < -0.39 is 0 Å². The monoisotopic (exact) mass is 252 g/mol. The zero-order valence-corrected chi connectivity index (χ0v) is 12.8. The molecule has 106 valence electrons. The van der Waals surface area contributed by atoms with Gasteiger partial charge in [-0.2, -0.15) is 0 Å². The van der Waals surface area contributed by atoms with Gasteiger partial charge in [-0.05, 0) is 69.5 Å². The second-order valence-electron chi connectivity index (χ2n) is 7.55. The predicted octanol–water partition coefficient (Wildman–Crippen LogP) is 3.13. The van der Waals surface area contributed by atoms with Crippen LogP contribution in [0.2, 0.25) is 0 Å². The third-order valence-corrected chi connectivity index (χ3v) is 5.26. The summed E-state index contributed by atoms with van der Waals surface area (Å²) in [6.45, 7) is 11.3. The highest BCUT2D eigenvalue weighted by Gasteiger charge is 2.35. The average Bonchev–Trinajstić information content (AvgIpc) is 2.31. The Kier molecular flexibility index (Phi) is 4.71. The quantitative estimate of drug-likeness (QED) is 0.830. The Morgan fingerprint density at radius 1 is 1.17 bits per heavy atom. The molecular weight excluding hydrogens is 220 g/mol. The van der Waals surface area contributed by atoms with E-state index in [1.54, 1.807) is 0 Å². The van der Waals surface area contributed by atoms with Gasteiger partial charge in [0.2, 0.25) is 0 Å². The summed E-state index contributed by atoms with van der Waals surface area (Å²) < 4.78 is 0. The van der Waals surface area contributed by atoms with Gasteiger partial charge in [0.15, 0.2) is 0 Å². The van der Waals surface area contributed by atoms with Crippen LogP contribution in [0.4, 0.5) is 0 Å². The molecule has 1 heterocycles. The number of rotatable bonds is 3. The predicted molar refractivity (Wildman–Crippen MR) is 78.8 cm³/mol. The van der Waals surface area contributed by atoms with E-state index in [0.717, 1.165) is 17.9 Å². The number of hydrogen-bond acceptors (Lipinski definition) is 2. The third kappa shape index (κ3) is 3.71.